The van der Waals surface area contributed by atoms with E-state index in [1.807, 2.05) is 0 Å². The number of alkyl halides is 1. The Kier molecular flexibility index (Phi) is 39.0. The Hall–Kier alpha value is -1.04. The lowest BCUT2D eigenvalue weighted by molar-refractivity contribution is -0.145. The van der Waals surface area contributed by atoms with Gasteiger partial charge in [-0.25, -0.2) is 4.39 Å². The predicted molar refractivity (Wildman–Crippen MR) is 160 cm³/mol. The molecule has 0 aromatic heterocycles. The normalized spacial score (nSPS) is 11.4. The molecule has 44 heavy (non-hydrogen) atoms. The van der Waals surface area contributed by atoms with Crippen molar-refractivity contribution in [3.05, 3.63) is 0 Å². The van der Waals surface area contributed by atoms with Crippen molar-refractivity contribution in [1.82, 2.24) is 0 Å². The maximum absolute atomic E-state index is 11.8. The number of carbonyl (C=O) groups excluding carboxylic acids is 1. The number of carbonyl (C=O) groups is 1. The van der Waals surface area contributed by atoms with Crippen molar-refractivity contribution in [3.63, 3.8) is 0 Å². The Morgan fingerprint density at radius 3 is 0.886 bits per heavy atom. The highest BCUT2D eigenvalue weighted by atomic mass is 19.1. The van der Waals surface area contributed by atoms with Crippen LogP contribution >= 0.6 is 0 Å². The standard InChI is InChI=1S/C30H59FO13/c1-2-3-4-5-30(32)44-29-28-43-27-26-42-25-24-41-23-22-40-21-20-39-19-18-38-17-16-37-15-14-36-13-12-35-11-10-34-9-8-33-7-6-31/h2-29H2,1H3. The molecule has 0 heterocycles. The van der Waals surface area contributed by atoms with E-state index in [2.05, 4.69) is 6.92 Å². The zero-order chi connectivity index (χ0) is 31.9. The van der Waals surface area contributed by atoms with E-state index in [9.17, 15) is 9.18 Å². The third-order valence-electron chi connectivity index (χ3n) is 5.42. The molecule has 0 atom stereocenters. The number of halogens is 1. The van der Waals surface area contributed by atoms with Gasteiger partial charge in [-0.05, 0) is 6.42 Å². The first-order valence-corrected chi connectivity index (χ1v) is 15.9. The third-order valence-corrected chi connectivity index (χ3v) is 5.42. The molecular weight excluding hydrogens is 587 g/mol. The Morgan fingerprint density at radius 2 is 0.636 bits per heavy atom. The summed E-state index contributed by atoms with van der Waals surface area (Å²) in [6.07, 6.45) is 3.48. The number of unbranched alkanes of at least 4 members (excludes halogenated alkanes) is 2. The maximum atomic E-state index is 11.8. The fourth-order valence-electron chi connectivity index (χ4n) is 3.16. The second-order valence-electron chi connectivity index (χ2n) is 9.10. The lowest BCUT2D eigenvalue weighted by atomic mass is 10.2. The second-order valence-corrected chi connectivity index (χ2v) is 9.10. The lowest BCUT2D eigenvalue weighted by Crippen LogP contribution is -2.15. The number of ether oxygens (including phenoxy) is 12. The number of esters is 1. The van der Waals surface area contributed by atoms with Gasteiger partial charge in [0.25, 0.3) is 0 Å². The van der Waals surface area contributed by atoms with Gasteiger partial charge in [-0.3, -0.25) is 4.79 Å². The summed E-state index contributed by atoms with van der Waals surface area (Å²) >= 11 is 0. The summed E-state index contributed by atoms with van der Waals surface area (Å²) in [5, 5.41) is 0. The molecule has 0 aliphatic heterocycles. The Morgan fingerprint density at radius 1 is 0.386 bits per heavy atom. The number of hydrogen-bond acceptors (Lipinski definition) is 13. The van der Waals surface area contributed by atoms with Gasteiger partial charge in [0.15, 0.2) is 0 Å². The SMILES string of the molecule is CCCCCC(=O)OCCOCCOCCOCCOCCOCCOCCOCCOCCOCCOCCOCCF. The molecule has 0 unspecified atom stereocenters. The minimum absolute atomic E-state index is 0.111. The van der Waals surface area contributed by atoms with E-state index in [-0.39, 0.29) is 19.2 Å². The largest absolute Gasteiger partial charge is 0.463 e. The van der Waals surface area contributed by atoms with Gasteiger partial charge in [0.1, 0.15) is 13.3 Å². The summed E-state index contributed by atoms with van der Waals surface area (Å²) in [5.41, 5.74) is 0. The molecule has 0 spiro atoms. The van der Waals surface area contributed by atoms with Crippen LogP contribution in [0.2, 0.25) is 0 Å². The number of rotatable bonds is 39. The summed E-state index contributed by atoms with van der Waals surface area (Å²) in [5.74, 6) is -0.163. The number of hydrogen-bond donors (Lipinski definition) is 0. The zero-order valence-corrected chi connectivity index (χ0v) is 27.0. The first kappa shape index (κ1) is 43.0. The highest BCUT2D eigenvalue weighted by Gasteiger charge is 2.02. The molecule has 0 rings (SSSR count). The van der Waals surface area contributed by atoms with Gasteiger partial charge in [-0.1, -0.05) is 19.8 Å². The van der Waals surface area contributed by atoms with Crippen molar-refractivity contribution < 1.29 is 66.0 Å². The molecule has 0 bridgehead atoms. The Labute approximate surface area is 263 Å². The molecule has 0 saturated carbocycles. The molecule has 0 fully saturated rings. The summed E-state index contributed by atoms with van der Waals surface area (Å²) in [6.45, 7) is 11.9. The molecule has 0 amide bonds. The molecule has 0 aliphatic carbocycles. The molecule has 0 aromatic rings. The first-order valence-electron chi connectivity index (χ1n) is 15.9. The molecular formula is C30H59FO13. The van der Waals surface area contributed by atoms with Crippen molar-refractivity contribution in [3.8, 4) is 0 Å². The van der Waals surface area contributed by atoms with Gasteiger partial charge < -0.3 is 56.8 Å². The van der Waals surface area contributed by atoms with Crippen LogP contribution in [0.4, 0.5) is 4.39 Å². The van der Waals surface area contributed by atoms with E-state index in [0.29, 0.717) is 145 Å². The van der Waals surface area contributed by atoms with E-state index in [0.717, 1.165) is 19.3 Å². The molecule has 13 nitrogen and oxygen atoms in total. The predicted octanol–water partition coefficient (Wildman–Crippen LogP) is 2.26. The fourth-order valence-corrected chi connectivity index (χ4v) is 3.16. The second kappa shape index (κ2) is 40.0. The van der Waals surface area contributed by atoms with Gasteiger partial charge in [-0.15, -0.1) is 0 Å². The monoisotopic (exact) mass is 646 g/mol. The summed E-state index contributed by atoms with van der Waals surface area (Å²) in [6, 6.07) is 0. The Bertz CT molecular complexity index is 549. The molecule has 0 radical (unpaired) electrons. The van der Waals surface area contributed by atoms with E-state index in [1.54, 1.807) is 0 Å². The van der Waals surface area contributed by atoms with Crippen molar-refractivity contribution in [2.24, 2.45) is 0 Å². The molecule has 264 valence electrons. The van der Waals surface area contributed by atoms with Crippen molar-refractivity contribution in [2.45, 2.75) is 32.6 Å². The summed E-state index contributed by atoms with van der Waals surface area (Å²) in [4.78, 5) is 11.4. The van der Waals surface area contributed by atoms with E-state index < -0.39 is 6.67 Å². The van der Waals surface area contributed by atoms with Gasteiger partial charge in [-0.2, -0.15) is 0 Å². The molecule has 0 aliphatic rings. The van der Waals surface area contributed by atoms with Crippen molar-refractivity contribution >= 4 is 5.97 Å². The first-order chi connectivity index (χ1) is 21.8. The zero-order valence-electron chi connectivity index (χ0n) is 27.0. The van der Waals surface area contributed by atoms with Gasteiger partial charge in [0, 0.05) is 6.42 Å². The highest BCUT2D eigenvalue weighted by molar-refractivity contribution is 5.69. The average molecular weight is 647 g/mol. The van der Waals surface area contributed by atoms with Crippen LogP contribution in [-0.4, -0.2) is 165 Å². The Balaban J connectivity index is 3.07. The third kappa shape index (κ3) is 39.0. The average Bonchev–Trinajstić information content (AvgIpc) is 3.03. The van der Waals surface area contributed by atoms with Crippen molar-refractivity contribution in [1.29, 1.82) is 0 Å². The molecule has 0 saturated heterocycles. The van der Waals surface area contributed by atoms with Crippen LogP contribution in [-0.2, 0) is 61.6 Å². The van der Waals surface area contributed by atoms with Crippen LogP contribution in [0.3, 0.4) is 0 Å². The minimum atomic E-state index is -0.477. The molecule has 14 heteroatoms. The quantitative estimate of drug-likeness (QED) is 0.0716. The van der Waals surface area contributed by atoms with Crippen LogP contribution < -0.4 is 0 Å². The minimum Gasteiger partial charge on any atom is -0.463 e. The van der Waals surface area contributed by atoms with E-state index in [1.165, 1.54) is 0 Å². The van der Waals surface area contributed by atoms with Crippen LogP contribution in [0.15, 0.2) is 0 Å². The molecule has 0 aromatic carbocycles. The summed E-state index contributed by atoms with van der Waals surface area (Å²) < 4.78 is 76.0. The van der Waals surface area contributed by atoms with E-state index >= 15 is 0 Å². The highest BCUT2D eigenvalue weighted by Crippen LogP contribution is 2.00. The van der Waals surface area contributed by atoms with Gasteiger partial charge in [0.05, 0.1) is 145 Å². The summed E-state index contributed by atoms with van der Waals surface area (Å²) in [7, 11) is 0. The van der Waals surface area contributed by atoms with Crippen LogP contribution in [0.25, 0.3) is 0 Å². The van der Waals surface area contributed by atoms with Crippen LogP contribution in [0.5, 0.6) is 0 Å². The van der Waals surface area contributed by atoms with Gasteiger partial charge >= 0.3 is 5.97 Å². The fraction of sp³-hybridized carbons (Fsp3) is 0.967. The van der Waals surface area contributed by atoms with Gasteiger partial charge in [0.2, 0.25) is 0 Å². The van der Waals surface area contributed by atoms with Crippen molar-refractivity contribution in [2.75, 3.05) is 159 Å². The lowest BCUT2D eigenvalue weighted by Gasteiger charge is -2.09. The van der Waals surface area contributed by atoms with Crippen LogP contribution in [0.1, 0.15) is 32.6 Å². The smallest absolute Gasteiger partial charge is 0.305 e. The van der Waals surface area contributed by atoms with E-state index in [4.69, 9.17) is 56.8 Å². The topological polar surface area (TPSA) is 128 Å². The van der Waals surface area contributed by atoms with Crippen LogP contribution in [0, 0.1) is 0 Å². The molecule has 0 N–H and O–H groups in total. The maximum Gasteiger partial charge on any atom is 0.305 e.